The van der Waals surface area contributed by atoms with Crippen molar-refractivity contribution in [2.75, 3.05) is 6.54 Å². The molecule has 0 atom stereocenters. The number of nitrogens with one attached hydrogen (secondary N) is 1. The number of amides is 1. The van der Waals surface area contributed by atoms with Gasteiger partial charge in [0.1, 0.15) is 0 Å². The number of hydrogen-bond acceptors (Lipinski definition) is 3. The molecular formula is C12H13IN2O3. The summed E-state index contributed by atoms with van der Waals surface area (Å²) < 4.78 is 0.696. The van der Waals surface area contributed by atoms with Crippen molar-refractivity contribution in [3.63, 3.8) is 0 Å². The van der Waals surface area contributed by atoms with E-state index >= 15 is 0 Å². The van der Waals surface area contributed by atoms with E-state index < -0.39 is 4.92 Å². The van der Waals surface area contributed by atoms with Crippen LogP contribution >= 0.6 is 22.6 Å². The quantitative estimate of drug-likeness (QED) is 0.289. The molecule has 0 saturated heterocycles. The summed E-state index contributed by atoms with van der Waals surface area (Å²) >= 11 is 1.99. The number of non-ortho nitro benzene ring substituents is 1. The molecule has 0 aromatic heterocycles. The summed E-state index contributed by atoms with van der Waals surface area (Å²) in [5.41, 5.74) is 0.263. The summed E-state index contributed by atoms with van der Waals surface area (Å²) in [6, 6.07) is 4.25. The van der Waals surface area contributed by atoms with Gasteiger partial charge in [-0.25, -0.2) is 0 Å². The molecule has 0 aliphatic heterocycles. The maximum atomic E-state index is 11.8. The topological polar surface area (TPSA) is 72.2 Å². The van der Waals surface area contributed by atoms with E-state index in [-0.39, 0.29) is 11.6 Å². The Kier molecular flexibility index (Phi) is 5.76. The zero-order valence-electron chi connectivity index (χ0n) is 9.85. The molecule has 0 bridgehead atoms. The number of allylic oxidation sites excluding steroid dienone is 1. The molecule has 0 aliphatic carbocycles. The molecule has 1 aromatic rings. The summed E-state index contributed by atoms with van der Waals surface area (Å²) in [5, 5.41) is 13.4. The zero-order chi connectivity index (χ0) is 13.5. The van der Waals surface area contributed by atoms with E-state index in [0.717, 1.165) is 6.42 Å². The van der Waals surface area contributed by atoms with Crippen LogP contribution in [-0.4, -0.2) is 17.4 Å². The number of nitrogens with zero attached hydrogens (tertiary/aromatic N) is 1. The molecule has 18 heavy (non-hydrogen) atoms. The van der Waals surface area contributed by atoms with Crippen LogP contribution in [-0.2, 0) is 0 Å². The second-order valence-corrected chi connectivity index (χ2v) is 4.70. The van der Waals surface area contributed by atoms with Crippen LogP contribution in [0, 0.1) is 13.7 Å². The van der Waals surface area contributed by atoms with Crippen molar-refractivity contribution in [1.29, 1.82) is 0 Å². The van der Waals surface area contributed by atoms with Gasteiger partial charge >= 0.3 is 0 Å². The van der Waals surface area contributed by atoms with Crippen LogP contribution in [0.2, 0.25) is 0 Å². The van der Waals surface area contributed by atoms with Gasteiger partial charge in [-0.2, -0.15) is 0 Å². The third-order valence-electron chi connectivity index (χ3n) is 2.24. The molecule has 0 spiro atoms. The van der Waals surface area contributed by atoms with Gasteiger partial charge in [0.15, 0.2) is 0 Å². The molecule has 0 radical (unpaired) electrons. The molecule has 6 heteroatoms. The Labute approximate surface area is 119 Å². The van der Waals surface area contributed by atoms with Gasteiger partial charge in [-0.1, -0.05) is 12.2 Å². The lowest BCUT2D eigenvalue weighted by molar-refractivity contribution is -0.384. The van der Waals surface area contributed by atoms with E-state index in [9.17, 15) is 14.9 Å². The second-order valence-electron chi connectivity index (χ2n) is 3.53. The number of carbonyl (C=O) groups is 1. The van der Waals surface area contributed by atoms with E-state index in [1.165, 1.54) is 12.1 Å². The Morgan fingerprint density at radius 1 is 1.56 bits per heavy atom. The molecule has 0 saturated carbocycles. The monoisotopic (exact) mass is 360 g/mol. The van der Waals surface area contributed by atoms with Crippen molar-refractivity contribution >= 4 is 34.2 Å². The SMILES string of the molecule is C/C=C/CCNC(=O)c1cc([N+](=O)[O-])ccc1I. The van der Waals surface area contributed by atoms with Crippen molar-refractivity contribution in [2.45, 2.75) is 13.3 Å². The fourth-order valence-electron chi connectivity index (χ4n) is 1.33. The van der Waals surface area contributed by atoms with E-state index in [2.05, 4.69) is 5.32 Å². The fraction of sp³-hybridized carbons (Fsp3) is 0.250. The molecule has 0 heterocycles. The summed E-state index contributed by atoms with van der Waals surface area (Å²) in [6.07, 6.45) is 4.59. The number of rotatable bonds is 5. The normalized spacial score (nSPS) is 10.6. The molecule has 1 rings (SSSR count). The number of hydrogen-bond donors (Lipinski definition) is 1. The Hall–Kier alpha value is -1.44. The number of benzene rings is 1. The number of nitro groups is 1. The lowest BCUT2D eigenvalue weighted by Crippen LogP contribution is -2.25. The third-order valence-corrected chi connectivity index (χ3v) is 3.18. The number of halogens is 1. The van der Waals surface area contributed by atoms with Crippen LogP contribution in [0.4, 0.5) is 5.69 Å². The van der Waals surface area contributed by atoms with Gasteiger partial charge in [0.25, 0.3) is 11.6 Å². The highest BCUT2D eigenvalue weighted by Crippen LogP contribution is 2.19. The smallest absolute Gasteiger partial charge is 0.270 e. The largest absolute Gasteiger partial charge is 0.352 e. The highest BCUT2D eigenvalue weighted by atomic mass is 127. The first kappa shape index (κ1) is 14.6. The van der Waals surface area contributed by atoms with Gasteiger partial charge in [0.05, 0.1) is 10.5 Å². The van der Waals surface area contributed by atoms with Crippen molar-refractivity contribution in [3.8, 4) is 0 Å². The molecule has 0 aliphatic rings. The molecule has 0 fully saturated rings. The van der Waals surface area contributed by atoms with E-state index in [4.69, 9.17) is 0 Å². The van der Waals surface area contributed by atoms with Gasteiger partial charge < -0.3 is 5.32 Å². The van der Waals surface area contributed by atoms with Gasteiger partial charge in [-0.15, -0.1) is 0 Å². The molecular weight excluding hydrogens is 347 g/mol. The predicted octanol–water partition coefficient (Wildman–Crippen LogP) is 2.90. The first-order chi connectivity index (χ1) is 8.56. The highest BCUT2D eigenvalue weighted by Gasteiger charge is 2.14. The van der Waals surface area contributed by atoms with Crippen molar-refractivity contribution < 1.29 is 9.72 Å². The van der Waals surface area contributed by atoms with E-state index in [1.807, 2.05) is 41.7 Å². The highest BCUT2D eigenvalue weighted by molar-refractivity contribution is 14.1. The first-order valence-electron chi connectivity index (χ1n) is 5.39. The Morgan fingerprint density at radius 3 is 2.89 bits per heavy atom. The van der Waals surface area contributed by atoms with Crippen LogP contribution in [0.25, 0.3) is 0 Å². The molecule has 5 nitrogen and oxygen atoms in total. The maximum absolute atomic E-state index is 11.8. The van der Waals surface area contributed by atoms with Crippen LogP contribution in [0.3, 0.4) is 0 Å². The fourth-order valence-corrected chi connectivity index (χ4v) is 1.91. The minimum atomic E-state index is -0.507. The molecule has 0 unspecified atom stereocenters. The van der Waals surface area contributed by atoms with Crippen LogP contribution in [0.1, 0.15) is 23.7 Å². The molecule has 96 valence electrons. The average Bonchev–Trinajstić information content (AvgIpc) is 2.34. The summed E-state index contributed by atoms with van der Waals surface area (Å²) in [5.74, 6) is -0.285. The molecule has 1 aromatic carbocycles. The molecule has 1 amide bonds. The van der Waals surface area contributed by atoms with Gasteiger partial charge in [0, 0.05) is 22.2 Å². The van der Waals surface area contributed by atoms with Crippen molar-refractivity contribution in [2.24, 2.45) is 0 Å². The number of carbonyl (C=O) groups excluding carboxylic acids is 1. The summed E-state index contributed by atoms with van der Waals surface area (Å²) in [6.45, 7) is 2.42. The van der Waals surface area contributed by atoms with Gasteiger partial charge in [-0.05, 0) is 42.0 Å². The maximum Gasteiger partial charge on any atom is 0.270 e. The lowest BCUT2D eigenvalue weighted by Gasteiger charge is -2.05. The van der Waals surface area contributed by atoms with E-state index in [0.29, 0.717) is 15.7 Å². The van der Waals surface area contributed by atoms with Crippen LogP contribution < -0.4 is 5.32 Å². The predicted molar refractivity (Wildman–Crippen MR) is 77.6 cm³/mol. The minimum Gasteiger partial charge on any atom is -0.352 e. The minimum absolute atomic E-state index is 0.0750. The molecule has 1 N–H and O–H groups in total. The Balaban J connectivity index is 2.78. The van der Waals surface area contributed by atoms with Crippen molar-refractivity contribution in [1.82, 2.24) is 5.32 Å². The Morgan fingerprint density at radius 2 is 2.28 bits per heavy atom. The lowest BCUT2D eigenvalue weighted by atomic mass is 10.2. The van der Waals surface area contributed by atoms with Gasteiger partial charge in [0.2, 0.25) is 0 Å². The Bertz CT molecular complexity index is 486. The third kappa shape index (κ3) is 4.10. The van der Waals surface area contributed by atoms with E-state index in [1.54, 1.807) is 6.07 Å². The second kappa shape index (κ2) is 7.10. The average molecular weight is 360 g/mol. The summed E-state index contributed by atoms with van der Waals surface area (Å²) in [7, 11) is 0. The zero-order valence-corrected chi connectivity index (χ0v) is 12.0. The summed E-state index contributed by atoms with van der Waals surface area (Å²) in [4.78, 5) is 22.0. The van der Waals surface area contributed by atoms with Crippen LogP contribution in [0.5, 0.6) is 0 Å². The van der Waals surface area contributed by atoms with Crippen molar-refractivity contribution in [3.05, 3.63) is 49.6 Å². The van der Waals surface area contributed by atoms with Crippen LogP contribution in [0.15, 0.2) is 30.4 Å². The standard InChI is InChI=1S/C12H13IN2O3/c1-2-3-4-7-14-12(16)10-8-9(15(17)18)5-6-11(10)13/h2-3,5-6,8H,4,7H2,1H3,(H,14,16)/b3-2+. The van der Waals surface area contributed by atoms with Gasteiger partial charge in [-0.3, -0.25) is 14.9 Å². The first-order valence-corrected chi connectivity index (χ1v) is 6.47. The number of nitro benzene ring substituents is 1.